The standard InChI is InChI=1S/C13H17NO5/c1-8(13(16)17)14-12(15)6-9-4-5-10(18-2)7-11(9)19-3/h4-5,7-8H,6H2,1-3H3,(H,14,15)(H,16,17)/t8-/m0/s1. The molecule has 0 saturated carbocycles. The lowest BCUT2D eigenvalue weighted by Crippen LogP contribution is -2.39. The maximum absolute atomic E-state index is 11.7. The third-order valence-electron chi connectivity index (χ3n) is 2.59. The molecule has 0 bridgehead atoms. The molecular formula is C13H17NO5. The van der Waals surface area contributed by atoms with Crippen LogP contribution >= 0.6 is 0 Å². The number of hydrogen-bond donors (Lipinski definition) is 2. The Balaban J connectivity index is 2.76. The second-order valence-electron chi connectivity index (χ2n) is 3.98. The van der Waals surface area contributed by atoms with Gasteiger partial charge < -0.3 is 19.9 Å². The molecule has 0 saturated heterocycles. The topological polar surface area (TPSA) is 84.9 Å². The first kappa shape index (κ1) is 14.8. The van der Waals surface area contributed by atoms with Crippen LogP contribution in [0.25, 0.3) is 0 Å². The fourth-order valence-electron chi connectivity index (χ4n) is 1.53. The molecule has 1 amide bonds. The quantitative estimate of drug-likeness (QED) is 0.797. The lowest BCUT2D eigenvalue weighted by Gasteiger charge is -2.12. The normalized spacial score (nSPS) is 11.5. The van der Waals surface area contributed by atoms with E-state index in [1.54, 1.807) is 18.2 Å². The first-order valence-corrected chi connectivity index (χ1v) is 5.71. The molecule has 104 valence electrons. The third kappa shape index (κ3) is 4.17. The summed E-state index contributed by atoms with van der Waals surface area (Å²) >= 11 is 0. The number of rotatable bonds is 6. The third-order valence-corrected chi connectivity index (χ3v) is 2.59. The number of methoxy groups -OCH3 is 2. The van der Waals surface area contributed by atoms with Gasteiger partial charge in [-0.1, -0.05) is 6.07 Å². The Bertz CT molecular complexity index is 472. The second kappa shape index (κ2) is 6.63. The van der Waals surface area contributed by atoms with E-state index in [4.69, 9.17) is 14.6 Å². The molecule has 1 atom stereocenters. The minimum absolute atomic E-state index is 0.0464. The number of hydrogen-bond acceptors (Lipinski definition) is 4. The van der Waals surface area contributed by atoms with Crippen LogP contribution in [0.15, 0.2) is 18.2 Å². The molecule has 0 aromatic heterocycles. The van der Waals surface area contributed by atoms with E-state index in [0.29, 0.717) is 17.1 Å². The number of benzene rings is 1. The van der Waals surface area contributed by atoms with Crippen molar-refractivity contribution < 1.29 is 24.2 Å². The molecule has 1 aromatic carbocycles. The zero-order valence-corrected chi connectivity index (χ0v) is 11.1. The summed E-state index contributed by atoms with van der Waals surface area (Å²) in [6, 6.07) is 4.18. The first-order valence-electron chi connectivity index (χ1n) is 5.71. The molecule has 2 N–H and O–H groups in total. The summed E-state index contributed by atoms with van der Waals surface area (Å²) in [7, 11) is 3.03. The van der Waals surface area contributed by atoms with Gasteiger partial charge in [0, 0.05) is 11.6 Å². The van der Waals surface area contributed by atoms with E-state index in [1.807, 2.05) is 0 Å². The average molecular weight is 267 g/mol. The van der Waals surface area contributed by atoms with Crippen LogP contribution in [0.3, 0.4) is 0 Å². The van der Waals surface area contributed by atoms with E-state index in [0.717, 1.165) is 0 Å². The Morgan fingerprint density at radius 2 is 2.00 bits per heavy atom. The number of carbonyl (C=O) groups excluding carboxylic acids is 1. The van der Waals surface area contributed by atoms with Gasteiger partial charge >= 0.3 is 5.97 Å². The van der Waals surface area contributed by atoms with Crippen molar-refractivity contribution in [3.05, 3.63) is 23.8 Å². The van der Waals surface area contributed by atoms with Gasteiger partial charge in [-0.3, -0.25) is 9.59 Å². The molecule has 0 aliphatic heterocycles. The van der Waals surface area contributed by atoms with Gasteiger partial charge in [0.05, 0.1) is 20.6 Å². The number of amides is 1. The van der Waals surface area contributed by atoms with Crippen molar-refractivity contribution in [2.45, 2.75) is 19.4 Å². The summed E-state index contributed by atoms with van der Waals surface area (Å²) < 4.78 is 10.2. The number of nitrogens with one attached hydrogen (secondary N) is 1. The Labute approximate surface area is 111 Å². The molecule has 0 aliphatic rings. The van der Waals surface area contributed by atoms with Crippen molar-refractivity contribution in [1.29, 1.82) is 0 Å². The van der Waals surface area contributed by atoms with Gasteiger partial charge in [0.1, 0.15) is 17.5 Å². The molecule has 19 heavy (non-hydrogen) atoms. The molecule has 0 aliphatic carbocycles. The van der Waals surface area contributed by atoms with Crippen LogP contribution in [0, 0.1) is 0 Å². The van der Waals surface area contributed by atoms with Gasteiger partial charge in [-0.25, -0.2) is 0 Å². The number of carbonyl (C=O) groups is 2. The summed E-state index contributed by atoms with van der Waals surface area (Å²) in [5.74, 6) is -0.300. The number of carboxylic acid groups (broad SMARTS) is 1. The minimum atomic E-state index is -1.07. The Morgan fingerprint density at radius 3 is 2.53 bits per heavy atom. The van der Waals surface area contributed by atoms with Crippen molar-refractivity contribution in [3.8, 4) is 11.5 Å². The lowest BCUT2D eigenvalue weighted by atomic mass is 10.1. The highest BCUT2D eigenvalue weighted by atomic mass is 16.5. The fraction of sp³-hybridized carbons (Fsp3) is 0.385. The smallest absolute Gasteiger partial charge is 0.325 e. The highest BCUT2D eigenvalue weighted by Crippen LogP contribution is 2.24. The fourth-order valence-corrected chi connectivity index (χ4v) is 1.53. The van der Waals surface area contributed by atoms with Crippen LogP contribution < -0.4 is 14.8 Å². The summed E-state index contributed by atoms with van der Waals surface area (Å²) in [5.41, 5.74) is 0.665. The predicted octanol–water partition coefficient (Wildman–Crippen LogP) is 0.836. The molecule has 0 fully saturated rings. The maximum Gasteiger partial charge on any atom is 0.325 e. The van der Waals surface area contributed by atoms with Crippen molar-refractivity contribution in [1.82, 2.24) is 5.32 Å². The van der Waals surface area contributed by atoms with Crippen LogP contribution in [0.1, 0.15) is 12.5 Å². The van der Waals surface area contributed by atoms with Crippen molar-refractivity contribution in [2.24, 2.45) is 0 Å². The second-order valence-corrected chi connectivity index (χ2v) is 3.98. The molecule has 0 heterocycles. The van der Waals surface area contributed by atoms with Gasteiger partial charge in [0.25, 0.3) is 0 Å². The van der Waals surface area contributed by atoms with Crippen LogP contribution in [-0.4, -0.2) is 37.2 Å². The molecular weight excluding hydrogens is 250 g/mol. The SMILES string of the molecule is COc1ccc(CC(=O)N[C@@H](C)C(=O)O)c(OC)c1. The molecule has 0 radical (unpaired) electrons. The highest BCUT2D eigenvalue weighted by molar-refractivity contribution is 5.85. The summed E-state index contributed by atoms with van der Waals surface area (Å²) in [5, 5.41) is 11.1. The monoisotopic (exact) mass is 267 g/mol. The molecule has 6 heteroatoms. The van der Waals surface area contributed by atoms with Crippen LogP contribution in [0.5, 0.6) is 11.5 Å². The molecule has 0 unspecified atom stereocenters. The van der Waals surface area contributed by atoms with E-state index in [1.165, 1.54) is 21.1 Å². The zero-order chi connectivity index (χ0) is 14.4. The molecule has 0 spiro atoms. The number of carboxylic acids is 1. The van der Waals surface area contributed by atoms with Crippen molar-refractivity contribution in [2.75, 3.05) is 14.2 Å². The average Bonchev–Trinajstić information content (AvgIpc) is 2.38. The Kier molecular flexibility index (Phi) is 5.17. The van der Waals surface area contributed by atoms with E-state index < -0.39 is 12.0 Å². The van der Waals surface area contributed by atoms with Crippen molar-refractivity contribution >= 4 is 11.9 Å². The summed E-state index contributed by atoms with van der Waals surface area (Å²) in [6.07, 6.45) is 0.0464. The van der Waals surface area contributed by atoms with Gasteiger partial charge in [0.15, 0.2) is 0 Å². The van der Waals surface area contributed by atoms with Gasteiger partial charge in [-0.15, -0.1) is 0 Å². The molecule has 1 aromatic rings. The van der Waals surface area contributed by atoms with E-state index in [9.17, 15) is 9.59 Å². The number of aliphatic carboxylic acids is 1. The molecule has 1 rings (SSSR count). The highest BCUT2D eigenvalue weighted by Gasteiger charge is 2.15. The van der Waals surface area contributed by atoms with E-state index >= 15 is 0 Å². The van der Waals surface area contributed by atoms with Crippen LogP contribution in [0.2, 0.25) is 0 Å². The van der Waals surface area contributed by atoms with E-state index in [-0.39, 0.29) is 12.3 Å². The lowest BCUT2D eigenvalue weighted by molar-refractivity contribution is -0.141. The van der Waals surface area contributed by atoms with Gasteiger partial charge in [-0.05, 0) is 13.0 Å². The predicted molar refractivity (Wildman–Crippen MR) is 68.5 cm³/mol. The van der Waals surface area contributed by atoms with Crippen LogP contribution in [-0.2, 0) is 16.0 Å². The largest absolute Gasteiger partial charge is 0.497 e. The maximum atomic E-state index is 11.7. The van der Waals surface area contributed by atoms with E-state index in [2.05, 4.69) is 5.32 Å². The summed E-state index contributed by atoms with van der Waals surface area (Å²) in [6.45, 7) is 1.41. The summed E-state index contributed by atoms with van der Waals surface area (Å²) in [4.78, 5) is 22.3. The van der Waals surface area contributed by atoms with Crippen molar-refractivity contribution in [3.63, 3.8) is 0 Å². The number of ether oxygens (including phenoxy) is 2. The minimum Gasteiger partial charge on any atom is -0.497 e. The van der Waals surface area contributed by atoms with Gasteiger partial charge in [-0.2, -0.15) is 0 Å². The first-order chi connectivity index (χ1) is 8.97. The molecule has 6 nitrogen and oxygen atoms in total. The Hall–Kier alpha value is -2.24. The Morgan fingerprint density at radius 1 is 1.32 bits per heavy atom. The zero-order valence-electron chi connectivity index (χ0n) is 11.1. The van der Waals surface area contributed by atoms with Crippen LogP contribution in [0.4, 0.5) is 0 Å². The van der Waals surface area contributed by atoms with Gasteiger partial charge in [0.2, 0.25) is 5.91 Å².